The number of furan rings is 1. The van der Waals surface area contributed by atoms with Crippen molar-refractivity contribution in [2.24, 2.45) is 0 Å². The SMILES string of the molecule is Cc1oc2cc([N+](=O)[O-])cc(Br)c2c1Br. The fourth-order valence-corrected chi connectivity index (χ4v) is 2.74. The maximum absolute atomic E-state index is 10.6. The third-order valence-electron chi connectivity index (χ3n) is 2.04. The van der Waals surface area contributed by atoms with Gasteiger partial charge in [0, 0.05) is 15.9 Å². The van der Waals surface area contributed by atoms with Crippen molar-refractivity contribution >= 4 is 48.5 Å². The van der Waals surface area contributed by atoms with Gasteiger partial charge in [0.1, 0.15) is 11.3 Å². The van der Waals surface area contributed by atoms with Crippen molar-refractivity contribution in [2.75, 3.05) is 0 Å². The predicted molar refractivity (Wildman–Crippen MR) is 63.0 cm³/mol. The van der Waals surface area contributed by atoms with Gasteiger partial charge in [0.25, 0.3) is 5.69 Å². The summed E-state index contributed by atoms with van der Waals surface area (Å²) < 4.78 is 6.86. The molecule has 0 saturated heterocycles. The summed E-state index contributed by atoms with van der Waals surface area (Å²) in [4.78, 5) is 10.2. The van der Waals surface area contributed by atoms with Crippen LogP contribution in [0.5, 0.6) is 0 Å². The minimum atomic E-state index is -0.448. The van der Waals surface area contributed by atoms with Crippen LogP contribution in [0, 0.1) is 17.0 Å². The lowest BCUT2D eigenvalue weighted by atomic mass is 10.2. The molecule has 15 heavy (non-hydrogen) atoms. The van der Waals surface area contributed by atoms with E-state index >= 15 is 0 Å². The Morgan fingerprint density at radius 3 is 2.67 bits per heavy atom. The third kappa shape index (κ3) is 1.68. The van der Waals surface area contributed by atoms with E-state index in [9.17, 15) is 10.1 Å². The molecule has 6 heteroatoms. The highest BCUT2D eigenvalue weighted by atomic mass is 79.9. The molecule has 4 nitrogen and oxygen atoms in total. The molecule has 0 aliphatic carbocycles. The minimum absolute atomic E-state index is 0.00984. The van der Waals surface area contributed by atoms with Crippen LogP contribution >= 0.6 is 31.9 Å². The van der Waals surface area contributed by atoms with Crippen molar-refractivity contribution in [3.63, 3.8) is 0 Å². The number of aryl methyl sites for hydroxylation is 1. The van der Waals surface area contributed by atoms with Crippen LogP contribution in [0.15, 0.2) is 25.5 Å². The number of non-ortho nitro benzene ring substituents is 1. The Bertz CT molecular complexity index is 562. The van der Waals surface area contributed by atoms with Gasteiger partial charge in [-0.1, -0.05) is 0 Å². The quantitative estimate of drug-likeness (QED) is 0.580. The van der Waals surface area contributed by atoms with E-state index in [-0.39, 0.29) is 5.69 Å². The van der Waals surface area contributed by atoms with Crippen LogP contribution in [0.25, 0.3) is 11.0 Å². The summed E-state index contributed by atoms with van der Waals surface area (Å²) in [5.41, 5.74) is 0.510. The van der Waals surface area contributed by atoms with Crippen molar-refractivity contribution in [1.29, 1.82) is 0 Å². The number of hydrogen-bond acceptors (Lipinski definition) is 3. The van der Waals surface area contributed by atoms with Gasteiger partial charge in [0.2, 0.25) is 0 Å². The molecule has 2 aromatic rings. The summed E-state index contributed by atoms with van der Waals surface area (Å²) >= 11 is 6.66. The van der Waals surface area contributed by atoms with Crippen molar-refractivity contribution < 1.29 is 9.34 Å². The number of nitrogens with zero attached hydrogens (tertiary/aromatic N) is 1. The highest BCUT2D eigenvalue weighted by Crippen LogP contribution is 2.38. The Morgan fingerprint density at radius 1 is 1.40 bits per heavy atom. The van der Waals surface area contributed by atoms with Crippen LogP contribution in [-0.4, -0.2) is 4.92 Å². The molecule has 0 fully saturated rings. The van der Waals surface area contributed by atoms with E-state index in [1.165, 1.54) is 12.1 Å². The second-order valence-electron chi connectivity index (χ2n) is 3.03. The molecule has 2 rings (SSSR count). The number of fused-ring (bicyclic) bond motifs is 1. The number of nitro groups is 1. The Balaban J connectivity index is 2.84. The molecule has 0 atom stereocenters. The molecule has 78 valence electrons. The molecule has 0 unspecified atom stereocenters. The molecule has 0 radical (unpaired) electrons. The first-order valence-electron chi connectivity index (χ1n) is 4.03. The average molecular weight is 335 g/mol. The number of halogens is 2. The number of rotatable bonds is 1. The number of hydrogen-bond donors (Lipinski definition) is 0. The number of benzene rings is 1. The molecule has 0 N–H and O–H groups in total. The molecule has 1 aromatic heterocycles. The molecular formula is C9H5Br2NO3. The van der Waals surface area contributed by atoms with Crippen LogP contribution in [-0.2, 0) is 0 Å². The number of nitro benzene ring substituents is 1. The molecule has 0 bridgehead atoms. The van der Waals surface area contributed by atoms with Crippen LogP contribution in [0.3, 0.4) is 0 Å². The highest BCUT2D eigenvalue weighted by molar-refractivity contribution is 9.11. The van der Waals surface area contributed by atoms with Gasteiger partial charge in [0.15, 0.2) is 0 Å². The molecule has 1 heterocycles. The summed E-state index contributed by atoms with van der Waals surface area (Å²) in [5, 5.41) is 11.4. The summed E-state index contributed by atoms with van der Waals surface area (Å²) in [6.07, 6.45) is 0. The van der Waals surface area contributed by atoms with Crippen molar-refractivity contribution in [1.82, 2.24) is 0 Å². The summed E-state index contributed by atoms with van der Waals surface area (Å²) in [6.45, 7) is 1.79. The second-order valence-corrected chi connectivity index (χ2v) is 4.68. The van der Waals surface area contributed by atoms with E-state index in [2.05, 4.69) is 31.9 Å². The topological polar surface area (TPSA) is 56.3 Å². The van der Waals surface area contributed by atoms with E-state index in [1.807, 2.05) is 0 Å². The van der Waals surface area contributed by atoms with E-state index in [0.717, 1.165) is 9.86 Å². The fourth-order valence-electron chi connectivity index (χ4n) is 1.35. The van der Waals surface area contributed by atoms with Crippen LogP contribution in [0.2, 0.25) is 0 Å². The molecule has 0 saturated carbocycles. The largest absolute Gasteiger partial charge is 0.460 e. The predicted octanol–water partition coefficient (Wildman–Crippen LogP) is 4.17. The zero-order chi connectivity index (χ0) is 11.2. The van der Waals surface area contributed by atoms with Gasteiger partial charge in [-0.25, -0.2) is 0 Å². The average Bonchev–Trinajstić information content (AvgIpc) is 2.42. The van der Waals surface area contributed by atoms with Crippen LogP contribution < -0.4 is 0 Å². The minimum Gasteiger partial charge on any atom is -0.460 e. The maximum Gasteiger partial charge on any atom is 0.274 e. The Morgan fingerprint density at radius 2 is 2.07 bits per heavy atom. The summed E-state index contributed by atoms with van der Waals surface area (Å²) in [7, 11) is 0. The smallest absolute Gasteiger partial charge is 0.274 e. The van der Waals surface area contributed by atoms with Crippen LogP contribution in [0.1, 0.15) is 5.76 Å². The second kappa shape index (κ2) is 3.61. The van der Waals surface area contributed by atoms with Gasteiger partial charge >= 0.3 is 0 Å². The van der Waals surface area contributed by atoms with Crippen molar-refractivity contribution in [3.05, 3.63) is 37.0 Å². The van der Waals surface area contributed by atoms with Crippen LogP contribution in [0.4, 0.5) is 5.69 Å². The third-order valence-corrected chi connectivity index (χ3v) is 3.62. The van der Waals surface area contributed by atoms with E-state index in [0.29, 0.717) is 15.8 Å². The zero-order valence-corrected chi connectivity index (χ0v) is 10.8. The Hall–Kier alpha value is -0.880. The van der Waals surface area contributed by atoms with Gasteiger partial charge < -0.3 is 4.42 Å². The fraction of sp³-hybridized carbons (Fsp3) is 0.111. The molecular weight excluding hydrogens is 330 g/mol. The van der Waals surface area contributed by atoms with E-state index < -0.39 is 4.92 Å². The molecule has 0 aliphatic rings. The Kier molecular flexibility index (Phi) is 2.56. The monoisotopic (exact) mass is 333 g/mol. The lowest BCUT2D eigenvalue weighted by molar-refractivity contribution is -0.384. The standard InChI is InChI=1S/C9H5Br2NO3/c1-4-9(11)8-6(10)2-5(12(13)14)3-7(8)15-4/h2-3H,1H3. The molecule has 0 spiro atoms. The van der Waals surface area contributed by atoms with Crippen molar-refractivity contribution in [2.45, 2.75) is 6.92 Å². The van der Waals surface area contributed by atoms with Gasteiger partial charge in [-0.3, -0.25) is 10.1 Å². The van der Waals surface area contributed by atoms with Crippen molar-refractivity contribution in [3.8, 4) is 0 Å². The van der Waals surface area contributed by atoms with Gasteiger partial charge in [-0.2, -0.15) is 0 Å². The van der Waals surface area contributed by atoms with Gasteiger partial charge in [-0.05, 0) is 38.8 Å². The summed E-state index contributed by atoms with van der Waals surface area (Å²) in [6, 6.07) is 2.87. The van der Waals surface area contributed by atoms with E-state index in [1.54, 1.807) is 6.92 Å². The lowest BCUT2D eigenvalue weighted by Gasteiger charge is -1.95. The summed E-state index contributed by atoms with van der Waals surface area (Å²) in [5.74, 6) is 0.700. The maximum atomic E-state index is 10.6. The normalized spacial score (nSPS) is 10.9. The first-order chi connectivity index (χ1) is 7.00. The first kappa shape index (κ1) is 10.6. The van der Waals surface area contributed by atoms with E-state index in [4.69, 9.17) is 4.42 Å². The highest BCUT2D eigenvalue weighted by Gasteiger charge is 2.16. The molecule has 0 aliphatic heterocycles. The Labute approximate surface area is 102 Å². The lowest BCUT2D eigenvalue weighted by Crippen LogP contribution is -1.87. The van der Waals surface area contributed by atoms with Gasteiger partial charge in [-0.15, -0.1) is 0 Å². The van der Waals surface area contributed by atoms with Gasteiger partial charge in [0.05, 0.1) is 15.5 Å². The molecule has 1 aromatic carbocycles. The first-order valence-corrected chi connectivity index (χ1v) is 5.62. The zero-order valence-electron chi connectivity index (χ0n) is 7.58. The molecule has 0 amide bonds.